The van der Waals surface area contributed by atoms with Gasteiger partial charge in [0.1, 0.15) is 10.7 Å². The Bertz CT molecular complexity index is 435. The molecule has 1 aromatic rings. The first-order chi connectivity index (χ1) is 7.95. The number of carbonyl (C=O) groups is 1. The lowest BCUT2D eigenvalue weighted by Crippen LogP contribution is -2.30. The molecule has 0 aliphatic heterocycles. The number of carbonyl (C=O) groups excluding carboxylic acids is 1. The summed E-state index contributed by atoms with van der Waals surface area (Å²) in [7, 11) is 1.67. The van der Waals surface area contributed by atoms with E-state index in [9.17, 15) is 4.79 Å². The number of hydrogen-bond acceptors (Lipinski definition) is 5. The van der Waals surface area contributed by atoms with E-state index in [0.717, 1.165) is 5.01 Å². The zero-order chi connectivity index (χ0) is 13.0. The van der Waals surface area contributed by atoms with E-state index in [1.165, 1.54) is 16.2 Å². The zero-order valence-electron chi connectivity index (χ0n) is 10.2. The first-order valence-corrected chi connectivity index (χ1v) is 6.19. The van der Waals surface area contributed by atoms with Crippen molar-refractivity contribution in [2.45, 2.75) is 19.9 Å². The van der Waals surface area contributed by atoms with Crippen LogP contribution < -0.4 is 5.73 Å². The van der Waals surface area contributed by atoms with Gasteiger partial charge in [-0.05, 0) is 13.8 Å². The van der Waals surface area contributed by atoms with Crippen LogP contribution in [0.3, 0.4) is 0 Å². The number of aromatic nitrogens is 1. The monoisotopic (exact) mass is 252 g/mol. The number of nitrogens with two attached hydrogens (primary N) is 1. The third-order valence-corrected chi connectivity index (χ3v) is 3.29. The molecular weight excluding hydrogens is 236 g/mol. The maximum Gasteiger partial charge on any atom is 0.273 e. The van der Waals surface area contributed by atoms with E-state index in [2.05, 4.69) is 11.1 Å². The molecule has 0 spiro atoms. The quantitative estimate of drug-likeness (QED) is 0.877. The molecule has 2 unspecified atom stereocenters. The SMILES string of the molecule is CC(C#N)CN(C)C(=O)c1csc(C(C)N)n1. The Hall–Kier alpha value is -1.45. The fourth-order valence-electron chi connectivity index (χ4n) is 1.33. The molecule has 1 rings (SSSR count). The van der Waals surface area contributed by atoms with Crippen LogP contribution in [-0.4, -0.2) is 29.4 Å². The van der Waals surface area contributed by atoms with E-state index in [-0.39, 0.29) is 17.9 Å². The van der Waals surface area contributed by atoms with Crippen LogP contribution in [0, 0.1) is 17.2 Å². The standard InChI is InChI=1S/C11H16N4OS/c1-7(4-12)5-15(3)11(16)9-6-17-10(14-9)8(2)13/h6-8H,5,13H2,1-3H3. The van der Waals surface area contributed by atoms with Gasteiger partial charge in [-0.25, -0.2) is 4.98 Å². The lowest BCUT2D eigenvalue weighted by Gasteiger charge is -2.16. The second-order valence-corrected chi connectivity index (χ2v) is 4.97. The lowest BCUT2D eigenvalue weighted by atomic mass is 10.2. The highest BCUT2D eigenvalue weighted by molar-refractivity contribution is 7.09. The third kappa shape index (κ3) is 3.51. The predicted molar refractivity (Wildman–Crippen MR) is 66.5 cm³/mol. The highest BCUT2D eigenvalue weighted by atomic mass is 32.1. The average molecular weight is 252 g/mol. The maximum atomic E-state index is 12.0. The van der Waals surface area contributed by atoms with Gasteiger partial charge in [0.05, 0.1) is 18.0 Å². The summed E-state index contributed by atoms with van der Waals surface area (Å²) in [5, 5.41) is 11.1. The maximum absolute atomic E-state index is 12.0. The Kier molecular flexibility index (Phi) is 4.61. The second-order valence-electron chi connectivity index (χ2n) is 4.08. The van der Waals surface area contributed by atoms with Crippen molar-refractivity contribution in [3.63, 3.8) is 0 Å². The summed E-state index contributed by atoms with van der Waals surface area (Å²) in [6.45, 7) is 4.01. The van der Waals surface area contributed by atoms with Gasteiger partial charge in [-0.3, -0.25) is 4.79 Å². The minimum atomic E-state index is -0.185. The Morgan fingerprint density at radius 2 is 2.35 bits per heavy atom. The smallest absolute Gasteiger partial charge is 0.273 e. The van der Waals surface area contributed by atoms with Crippen molar-refractivity contribution in [2.24, 2.45) is 11.7 Å². The Morgan fingerprint density at radius 3 is 2.82 bits per heavy atom. The minimum Gasteiger partial charge on any atom is -0.339 e. The van der Waals surface area contributed by atoms with Gasteiger partial charge in [0.25, 0.3) is 5.91 Å². The number of hydrogen-bond donors (Lipinski definition) is 1. The summed E-state index contributed by atoms with van der Waals surface area (Å²) >= 11 is 1.38. The van der Waals surface area contributed by atoms with Crippen LogP contribution in [0.1, 0.15) is 35.4 Å². The van der Waals surface area contributed by atoms with Gasteiger partial charge in [0, 0.05) is 19.0 Å². The Balaban J connectivity index is 2.72. The molecule has 17 heavy (non-hydrogen) atoms. The molecule has 1 heterocycles. The summed E-state index contributed by atoms with van der Waals surface area (Å²) in [6.07, 6.45) is 0. The number of thiazole rings is 1. The van der Waals surface area contributed by atoms with Crippen LogP contribution in [0.5, 0.6) is 0 Å². The van der Waals surface area contributed by atoms with Crippen LogP contribution in [0.25, 0.3) is 0 Å². The third-order valence-electron chi connectivity index (χ3n) is 2.25. The van der Waals surface area contributed by atoms with Gasteiger partial charge in [0.2, 0.25) is 0 Å². The molecule has 92 valence electrons. The van der Waals surface area contributed by atoms with Crippen molar-refractivity contribution < 1.29 is 4.79 Å². The van der Waals surface area contributed by atoms with Crippen LogP contribution in [0.4, 0.5) is 0 Å². The first-order valence-electron chi connectivity index (χ1n) is 5.31. The van der Waals surface area contributed by atoms with Gasteiger partial charge in [-0.2, -0.15) is 5.26 Å². The van der Waals surface area contributed by atoms with Crippen LogP contribution in [0.2, 0.25) is 0 Å². The summed E-state index contributed by atoms with van der Waals surface area (Å²) in [5.41, 5.74) is 6.08. The summed E-state index contributed by atoms with van der Waals surface area (Å²) in [4.78, 5) is 17.6. The molecule has 0 aliphatic carbocycles. The molecule has 2 atom stereocenters. The van der Waals surface area contributed by atoms with E-state index in [4.69, 9.17) is 11.0 Å². The molecular formula is C11H16N4OS. The van der Waals surface area contributed by atoms with E-state index in [0.29, 0.717) is 12.2 Å². The summed E-state index contributed by atoms with van der Waals surface area (Å²) in [5.74, 6) is -0.356. The highest BCUT2D eigenvalue weighted by Gasteiger charge is 2.18. The number of amides is 1. The molecule has 0 aromatic carbocycles. The van der Waals surface area contributed by atoms with Crippen molar-refractivity contribution in [1.82, 2.24) is 9.88 Å². The van der Waals surface area contributed by atoms with Crippen molar-refractivity contribution in [1.29, 1.82) is 5.26 Å². The average Bonchev–Trinajstić information content (AvgIpc) is 2.77. The fourth-order valence-corrected chi connectivity index (χ4v) is 2.08. The zero-order valence-corrected chi connectivity index (χ0v) is 11.0. The molecule has 2 N–H and O–H groups in total. The topological polar surface area (TPSA) is 83.0 Å². The lowest BCUT2D eigenvalue weighted by molar-refractivity contribution is 0.0780. The van der Waals surface area contributed by atoms with E-state index in [1.807, 2.05) is 6.92 Å². The Morgan fingerprint density at radius 1 is 1.71 bits per heavy atom. The molecule has 0 bridgehead atoms. The molecule has 0 saturated carbocycles. The molecule has 1 amide bonds. The first kappa shape index (κ1) is 13.6. The number of nitriles is 1. The molecule has 1 aromatic heterocycles. The molecule has 0 radical (unpaired) electrons. The van der Waals surface area contributed by atoms with Crippen LogP contribution >= 0.6 is 11.3 Å². The van der Waals surface area contributed by atoms with E-state index in [1.54, 1.807) is 19.4 Å². The molecule has 0 fully saturated rings. The molecule has 0 aliphatic rings. The van der Waals surface area contributed by atoms with Gasteiger partial charge in [-0.1, -0.05) is 0 Å². The highest BCUT2D eigenvalue weighted by Crippen LogP contribution is 2.17. The van der Waals surface area contributed by atoms with Crippen LogP contribution in [0.15, 0.2) is 5.38 Å². The number of rotatable bonds is 4. The van der Waals surface area contributed by atoms with E-state index < -0.39 is 0 Å². The van der Waals surface area contributed by atoms with Crippen molar-refractivity contribution in [2.75, 3.05) is 13.6 Å². The largest absolute Gasteiger partial charge is 0.339 e. The minimum absolute atomic E-state index is 0.162. The van der Waals surface area contributed by atoms with Gasteiger partial charge >= 0.3 is 0 Å². The summed E-state index contributed by atoms with van der Waals surface area (Å²) in [6, 6.07) is 1.93. The van der Waals surface area contributed by atoms with Gasteiger partial charge in [0.15, 0.2) is 0 Å². The normalized spacial score (nSPS) is 13.8. The Labute approximate surface area is 105 Å². The number of nitrogens with zero attached hydrogens (tertiary/aromatic N) is 3. The van der Waals surface area contributed by atoms with Crippen molar-refractivity contribution >= 4 is 17.2 Å². The predicted octanol–water partition coefficient (Wildman–Crippen LogP) is 1.39. The second kappa shape index (κ2) is 5.75. The molecule has 0 saturated heterocycles. The van der Waals surface area contributed by atoms with Crippen molar-refractivity contribution in [3.8, 4) is 6.07 Å². The van der Waals surface area contributed by atoms with Crippen LogP contribution in [-0.2, 0) is 0 Å². The van der Waals surface area contributed by atoms with Gasteiger partial charge in [-0.15, -0.1) is 11.3 Å². The molecule has 6 heteroatoms. The summed E-state index contributed by atoms with van der Waals surface area (Å²) < 4.78 is 0. The van der Waals surface area contributed by atoms with E-state index >= 15 is 0 Å². The van der Waals surface area contributed by atoms with Crippen molar-refractivity contribution in [3.05, 3.63) is 16.1 Å². The fraction of sp³-hybridized carbons (Fsp3) is 0.545. The molecule has 5 nitrogen and oxygen atoms in total. The van der Waals surface area contributed by atoms with Gasteiger partial charge < -0.3 is 10.6 Å².